The van der Waals surface area contributed by atoms with E-state index in [4.69, 9.17) is 4.74 Å². The highest BCUT2D eigenvalue weighted by Gasteiger charge is 2.27. The van der Waals surface area contributed by atoms with Gasteiger partial charge in [-0.1, -0.05) is 44.9 Å². The van der Waals surface area contributed by atoms with Crippen LogP contribution in [-0.4, -0.2) is 36.0 Å². The standard InChI is InChI=1S/C20H35NO3/c1-2-24-20(23)14-15-21(18-12-8-3-4-9-13-18)19(22)16-17-10-6-5-7-11-17/h17-18H,2-16H2,1H3. The molecule has 4 heteroatoms. The van der Waals surface area contributed by atoms with Gasteiger partial charge in [0.25, 0.3) is 0 Å². The van der Waals surface area contributed by atoms with Crippen LogP contribution in [0, 0.1) is 5.92 Å². The van der Waals surface area contributed by atoms with Crippen molar-refractivity contribution in [3.05, 3.63) is 0 Å². The molecule has 2 saturated carbocycles. The molecule has 1 amide bonds. The predicted molar refractivity (Wildman–Crippen MR) is 95.6 cm³/mol. The summed E-state index contributed by atoms with van der Waals surface area (Å²) in [5, 5.41) is 0. The van der Waals surface area contributed by atoms with E-state index in [0.29, 0.717) is 38.0 Å². The normalized spacial score (nSPS) is 20.4. The first-order chi connectivity index (χ1) is 11.7. The van der Waals surface area contributed by atoms with Crippen LogP contribution in [0.2, 0.25) is 0 Å². The molecule has 2 aliphatic rings. The van der Waals surface area contributed by atoms with Crippen molar-refractivity contribution in [2.75, 3.05) is 13.2 Å². The summed E-state index contributed by atoms with van der Waals surface area (Å²) >= 11 is 0. The van der Waals surface area contributed by atoms with E-state index in [2.05, 4.69) is 0 Å². The summed E-state index contributed by atoms with van der Waals surface area (Å²) < 4.78 is 5.06. The van der Waals surface area contributed by atoms with Crippen molar-refractivity contribution in [3.8, 4) is 0 Å². The fourth-order valence-electron chi connectivity index (χ4n) is 4.28. The highest BCUT2D eigenvalue weighted by molar-refractivity contribution is 5.78. The molecule has 2 aliphatic carbocycles. The number of nitrogens with zero attached hydrogens (tertiary/aromatic N) is 1. The third-order valence-electron chi connectivity index (χ3n) is 5.64. The minimum absolute atomic E-state index is 0.179. The van der Waals surface area contributed by atoms with Crippen molar-refractivity contribution in [1.29, 1.82) is 0 Å². The van der Waals surface area contributed by atoms with Gasteiger partial charge in [-0.25, -0.2) is 0 Å². The Morgan fingerprint density at radius 3 is 2.12 bits per heavy atom. The highest BCUT2D eigenvalue weighted by atomic mass is 16.5. The topological polar surface area (TPSA) is 46.6 Å². The molecule has 0 spiro atoms. The second kappa shape index (κ2) is 10.7. The smallest absolute Gasteiger partial charge is 0.307 e. The van der Waals surface area contributed by atoms with Crippen LogP contribution in [0.15, 0.2) is 0 Å². The van der Waals surface area contributed by atoms with Gasteiger partial charge in [-0.15, -0.1) is 0 Å². The Morgan fingerprint density at radius 2 is 1.50 bits per heavy atom. The fourth-order valence-corrected chi connectivity index (χ4v) is 4.28. The average molecular weight is 338 g/mol. The number of carbonyl (C=O) groups is 2. The van der Waals surface area contributed by atoms with Gasteiger partial charge in [0.1, 0.15) is 0 Å². The van der Waals surface area contributed by atoms with Gasteiger partial charge < -0.3 is 9.64 Å². The van der Waals surface area contributed by atoms with Gasteiger partial charge in [0, 0.05) is 19.0 Å². The molecule has 2 rings (SSSR count). The van der Waals surface area contributed by atoms with Crippen LogP contribution in [0.3, 0.4) is 0 Å². The van der Waals surface area contributed by atoms with Gasteiger partial charge in [-0.05, 0) is 38.5 Å². The van der Waals surface area contributed by atoms with E-state index in [1.165, 1.54) is 57.8 Å². The molecule has 2 fully saturated rings. The zero-order valence-electron chi connectivity index (χ0n) is 15.4. The van der Waals surface area contributed by atoms with E-state index in [0.717, 1.165) is 12.8 Å². The minimum Gasteiger partial charge on any atom is -0.466 e. The molecular weight excluding hydrogens is 302 g/mol. The molecule has 0 N–H and O–H groups in total. The summed E-state index contributed by atoms with van der Waals surface area (Å²) in [5.74, 6) is 0.654. The van der Waals surface area contributed by atoms with Crippen LogP contribution in [0.5, 0.6) is 0 Å². The maximum absolute atomic E-state index is 13.0. The Balaban J connectivity index is 1.93. The Bertz CT molecular complexity index is 382. The first-order valence-corrected chi connectivity index (χ1v) is 10.2. The van der Waals surface area contributed by atoms with Gasteiger partial charge in [0.2, 0.25) is 5.91 Å². The van der Waals surface area contributed by atoms with Crippen LogP contribution in [0.4, 0.5) is 0 Å². The maximum atomic E-state index is 13.0. The molecule has 138 valence electrons. The Morgan fingerprint density at radius 1 is 0.917 bits per heavy atom. The second-order valence-corrected chi connectivity index (χ2v) is 7.50. The zero-order chi connectivity index (χ0) is 17.2. The van der Waals surface area contributed by atoms with E-state index in [9.17, 15) is 9.59 Å². The minimum atomic E-state index is -0.179. The van der Waals surface area contributed by atoms with Gasteiger partial charge in [-0.2, -0.15) is 0 Å². The summed E-state index contributed by atoms with van der Waals surface area (Å²) in [6.07, 6.45) is 14.4. The lowest BCUT2D eigenvalue weighted by Crippen LogP contribution is -2.42. The summed E-state index contributed by atoms with van der Waals surface area (Å²) in [4.78, 5) is 26.8. The summed E-state index contributed by atoms with van der Waals surface area (Å²) in [6, 6.07) is 0.331. The van der Waals surface area contributed by atoms with E-state index in [1.54, 1.807) is 0 Å². The lowest BCUT2D eigenvalue weighted by atomic mass is 9.86. The molecule has 0 bridgehead atoms. The Hall–Kier alpha value is -1.06. The van der Waals surface area contributed by atoms with Crippen LogP contribution < -0.4 is 0 Å². The van der Waals surface area contributed by atoms with E-state index in [1.807, 2.05) is 11.8 Å². The van der Waals surface area contributed by atoms with Crippen LogP contribution in [0.25, 0.3) is 0 Å². The molecule has 4 nitrogen and oxygen atoms in total. The quantitative estimate of drug-likeness (QED) is 0.509. The van der Waals surface area contributed by atoms with Gasteiger partial charge in [0.15, 0.2) is 0 Å². The van der Waals surface area contributed by atoms with Crippen molar-refractivity contribution in [2.45, 2.75) is 96.4 Å². The van der Waals surface area contributed by atoms with Crippen LogP contribution in [0.1, 0.15) is 90.4 Å². The molecule has 0 aromatic carbocycles. The number of amides is 1. The maximum Gasteiger partial charge on any atom is 0.307 e. The van der Waals surface area contributed by atoms with Gasteiger partial charge in [-0.3, -0.25) is 9.59 Å². The van der Waals surface area contributed by atoms with Crippen molar-refractivity contribution >= 4 is 11.9 Å². The van der Waals surface area contributed by atoms with Crippen molar-refractivity contribution in [1.82, 2.24) is 4.90 Å². The van der Waals surface area contributed by atoms with Crippen molar-refractivity contribution < 1.29 is 14.3 Å². The molecular formula is C20H35NO3. The second-order valence-electron chi connectivity index (χ2n) is 7.50. The molecule has 0 aromatic heterocycles. The number of esters is 1. The molecule has 0 heterocycles. The highest BCUT2D eigenvalue weighted by Crippen LogP contribution is 2.29. The van der Waals surface area contributed by atoms with Crippen molar-refractivity contribution in [3.63, 3.8) is 0 Å². The molecule has 0 aromatic rings. The van der Waals surface area contributed by atoms with E-state index >= 15 is 0 Å². The number of hydrogen-bond acceptors (Lipinski definition) is 3. The molecule has 0 atom stereocenters. The summed E-state index contributed by atoms with van der Waals surface area (Å²) in [6.45, 7) is 2.78. The van der Waals surface area contributed by atoms with Crippen molar-refractivity contribution in [2.24, 2.45) is 5.92 Å². The summed E-state index contributed by atoms with van der Waals surface area (Å²) in [5.41, 5.74) is 0. The molecule has 24 heavy (non-hydrogen) atoms. The molecule has 0 unspecified atom stereocenters. The number of hydrogen-bond donors (Lipinski definition) is 0. The monoisotopic (exact) mass is 337 g/mol. The molecule has 0 aliphatic heterocycles. The number of carbonyl (C=O) groups excluding carboxylic acids is 2. The number of rotatable bonds is 7. The lowest BCUT2D eigenvalue weighted by Gasteiger charge is -2.33. The zero-order valence-corrected chi connectivity index (χ0v) is 15.4. The average Bonchev–Trinajstić information content (AvgIpc) is 2.85. The lowest BCUT2D eigenvalue weighted by molar-refractivity contribution is -0.144. The summed E-state index contributed by atoms with van der Waals surface area (Å²) in [7, 11) is 0. The largest absolute Gasteiger partial charge is 0.466 e. The molecule has 0 radical (unpaired) electrons. The van der Waals surface area contributed by atoms with Crippen LogP contribution in [-0.2, 0) is 14.3 Å². The van der Waals surface area contributed by atoms with Gasteiger partial charge >= 0.3 is 5.97 Å². The van der Waals surface area contributed by atoms with Crippen LogP contribution >= 0.6 is 0 Å². The first-order valence-electron chi connectivity index (χ1n) is 10.2. The fraction of sp³-hybridized carbons (Fsp3) is 0.900. The van der Waals surface area contributed by atoms with E-state index in [-0.39, 0.29) is 11.9 Å². The van der Waals surface area contributed by atoms with E-state index < -0.39 is 0 Å². The Kier molecular flexibility index (Phi) is 8.62. The number of ether oxygens (including phenoxy) is 1. The third kappa shape index (κ3) is 6.45. The Labute approximate surface area is 147 Å². The molecule has 0 saturated heterocycles. The third-order valence-corrected chi connectivity index (χ3v) is 5.64. The SMILES string of the molecule is CCOC(=O)CCN(C(=O)CC1CCCCC1)C1CCCCCC1. The first kappa shape index (κ1) is 19.3. The van der Waals surface area contributed by atoms with Gasteiger partial charge in [0.05, 0.1) is 13.0 Å². The predicted octanol–water partition coefficient (Wildman–Crippen LogP) is 4.46.